The number of halogens is 3. The molecule has 0 radical (unpaired) electrons. The van der Waals surface area contributed by atoms with Crippen molar-refractivity contribution in [1.82, 2.24) is 15.3 Å². The number of amides is 1. The highest BCUT2D eigenvalue weighted by Crippen LogP contribution is 2.30. The molecule has 0 aliphatic carbocycles. The first-order valence-electron chi connectivity index (χ1n) is 10.2. The lowest BCUT2D eigenvalue weighted by atomic mass is 10.0. The van der Waals surface area contributed by atoms with Crippen molar-refractivity contribution >= 4 is 12.1 Å². The van der Waals surface area contributed by atoms with Gasteiger partial charge in [0.2, 0.25) is 6.10 Å². The quantitative estimate of drug-likeness (QED) is 0.557. The molecule has 1 heterocycles. The first-order valence-corrected chi connectivity index (χ1v) is 10.2. The van der Waals surface area contributed by atoms with Crippen molar-refractivity contribution < 1.29 is 32.2 Å². The predicted octanol–water partition coefficient (Wildman–Crippen LogP) is 4.63. The average Bonchev–Trinajstić information content (AvgIpc) is 2.72. The molecule has 1 N–H and O–H groups in total. The topological polar surface area (TPSA) is 90.4 Å². The zero-order chi connectivity index (χ0) is 23.7. The van der Waals surface area contributed by atoms with Crippen LogP contribution in [0.3, 0.4) is 0 Å². The van der Waals surface area contributed by atoms with E-state index < -0.39 is 42.1 Å². The number of aromatic nitrogens is 2. The minimum Gasteiger partial charge on any atom is -0.460 e. The Balaban J connectivity index is 2.12. The Bertz CT molecular complexity index is 874. The summed E-state index contributed by atoms with van der Waals surface area (Å²) >= 11 is 0. The Morgan fingerprint density at radius 1 is 1.06 bits per heavy atom. The van der Waals surface area contributed by atoms with Crippen LogP contribution < -0.4 is 5.32 Å². The Hall–Kier alpha value is -3.17. The molecule has 0 aliphatic rings. The lowest BCUT2D eigenvalue weighted by Crippen LogP contribution is -2.38. The summed E-state index contributed by atoms with van der Waals surface area (Å²) in [6.45, 7) is 5.20. The maximum atomic E-state index is 12.8. The van der Waals surface area contributed by atoms with Crippen LogP contribution in [0.25, 0.3) is 0 Å². The third kappa shape index (κ3) is 7.82. The van der Waals surface area contributed by atoms with Crippen molar-refractivity contribution in [3.8, 4) is 0 Å². The van der Waals surface area contributed by atoms with Crippen molar-refractivity contribution in [3.05, 3.63) is 59.7 Å². The standard InChI is InChI=1S/C22H26F3N3O4/c1-4-6-17(15-7-9-16(10-8-15)22(23,24)25)28-21(30)32-18(20(29)31-14(2)3)13-19-26-11-5-12-27-19/h5,7-12,14,17-18H,4,6,13H2,1-3H3,(H,28,30). The second kappa shape index (κ2) is 11.4. The molecule has 0 bridgehead atoms. The molecule has 0 fully saturated rings. The van der Waals surface area contributed by atoms with Gasteiger partial charge >= 0.3 is 18.2 Å². The smallest absolute Gasteiger partial charge is 0.416 e. The first kappa shape index (κ1) is 25.1. The Morgan fingerprint density at radius 2 is 1.69 bits per heavy atom. The summed E-state index contributed by atoms with van der Waals surface area (Å²) in [6.07, 6.45) is -3.03. The Kier molecular flexibility index (Phi) is 8.98. The van der Waals surface area contributed by atoms with Gasteiger partial charge in [-0.25, -0.2) is 19.6 Å². The van der Waals surface area contributed by atoms with Crippen molar-refractivity contribution in [2.45, 2.75) is 64.5 Å². The monoisotopic (exact) mass is 453 g/mol. The fourth-order valence-electron chi connectivity index (χ4n) is 2.90. The molecule has 0 aliphatic heterocycles. The molecule has 2 atom stereocenters. The number of alkyl carbamates (subject to hydrolysis) is 1. The number of alkyl halides is 3. The molecular weight excluding hydrogens is 427 g/mol. The van der Waals surface area contributed by atoms with E-state index in [9.17, 15) is 22.8 Å². The van der Waals surface area contributed by atoms with E-state index in [1.165, 1.54) is 24.5 Å². The molecule has 2 unspecified atom stereocenters. The Labute approximate surface area is 184 Å². The van der Waals surface area contributed by atoms with E-state index in [1.807, 2.05) is 6.92 Å². The van der Waals surface area contributed by atoms with Gasteiger partial charge in [-0.3, -0.25) is 0 Å². The van der Waals surface area contributed by atoms with Gasteiger partial charge in [-0.2, -0.15) is 13.2 Å². The summed E-state index contributed by atoms with van der Waals surface area (Å²) in [5, 5.41) is 2.63. The van der Waals surface area contributed by atoms with Gasteiger partial charge in [-0.05, 0) is 44.0 Å². The summed E-state index contributed by atoms with van der Waals surface area (Å²) in [4.78, 5) is 33.0. The molecular formula is C22H26F3N3O4. The van der Waals surface area contributed by atoms with Crippen molar-refractivity contribution in [1.29, 1.82) is 0 Å². The summed E-state index contributed by atoms with van der Waals surface area (Å²) in [7, 11) is 0. The largest absolute Gasteiger partial charge is 0.460 e. The molecule has 1 aromatic carbocycles. The SMILES string of the molecule is CCCC(NC(=O)OC(Cc1ncccn1)C(=O)OC(C)C)c1ccc(C(F)(F)F)cc1. The van der Waals surface area contributed by atoms with Crippen LogP contribution in [0.1, 0.15) is 56.6 Å². The second-order valence-electron chi connectivity index (χ2n) is 7.35. The zero-order valence-corrected chi connectivity index (χ0v) is 18.1. The van der Waals surface area contributed by atoms with E-state index in [0.717, 1.165) is 12.1 Å². The fourth-order valence-corrected chi connectivity index (χ4v) is 2.90. The van der Waals surface area contributed by atoms with Crippen LogP contribution >= 0.6 is 0 Å². The molecule has 174 valence electrons. The van der Waals surface area contributed by atoms with Crippen LogP contribution in [0, 0.1) is 0 Å². The number of hydrogen-bond donors (Lipinski definition) is 1. The lowest BCUT2D eigenvalue weighted by molar-refractivity contribution is -0.157. The number of carbonyl (C=O) groups excluding carboxylic acids is 2. The number of hydrogen-bond acceptors (Lipinski definition) is 6. The van der Waals surface area contributed by atoms with Gasteiger partial charge in [0.05, 0.1) is 24.1 Å². The van der Waals surface area contributed by atoms with Crippen molar-refractivity contribution in [2.24, 2.45) is 0 Å². The molecule has 0 spiro atoms. The highest BCUT2D eigenvalue weighted by atomic mass is 19.4. The van der Waals surface area contributed by atoms with Crippen LogP contribution in [-0.4, -0.2) is 34.2 Å². The Morgan fingerprint density at radius 3 is 2.22 bits per heavy atom. The molecule has 2 rings (SSSR count). The number of esters is 1. The number of ether oxygens (including phenoxy) is 2. The number of nitrogens with one attached hydrogen (secondary N) is 1. The van der Waals surface area contributed by atoms with Gasteiger partial charge in [0.15, 0.2) is 0 Å². The van der Waals surface area contributed by atoms with Gasteiger partial charge < -0.3 is 14.8 Å². The van der Waals surface area contributed by atoms with E-state index in [1.54, 1.807) is 19.9 Å². The average molecular weight is 453 g/mol. The maximum Gasteiger partial charge on any atom is 0.416 e. The van der Waals surface area contributed by atoms with E-state index in [2.05, 4.69) is 15.3 Å². The summed E-state index contributed by atoms with van der Waals surface area (Å²) in [5.74, 6) is -0.456. The number of benzene rings is 1. The molecule has 10 heteroatoms. The lowest BCUT2D eigenvalue weighted by Gasteiger charge is -2.22. The van der Waals surface area contributed by atoms with Crippen LogP contribution in [0.15, 0.2) is 42.7 Å². The van der Waals surface area contributed by atoms with E-state index in [-0.39, 0.29) is 6.42 Å². The third-order valence-corrected chi connectivity index (χ3v) is 4.36. The summed E-state index contributed by atoms with van der Waals surface area (Å²) < 4.78 is 48.9. The van der Waals surface area contributed by atoms with Crippen molar-refractivity contribution in [3.63, 3.8) is 0 Å². The van der Waals surface area contributed by atoms with Gasteiger partial charge in [-0.15, -0.1) is 0 Å². The summed E-state index contributed by atoms with van der Waals surface area (Å²) in [6, 6.07) is 5.56. The van der Waals surface area contributed by atoms with Gasteiger partial charge in [0.1, 0.15) is 5.82 Å². The van der Waals surface area contributed by atoms with E-state index >= 15 is 0 Å². The number of carbonyl (C=O) groups is 2. The minimum absolute atomic E-state index is 0.0848. The van der Waals surface area contributed by atoms with E-state index in [4.69, 9.17) is 9.47 Å². The first-order chi connectivity index (χ1) is 15.1. The van der Waals surface area contributed by atoms with Crippen LogP contribution in [0.4, 0.5) is 18.0 Å². The fraction of sp³-hybridized carbons (Fsp3) is 0.455. The minimum atomic E-state index is -4.45. The number of rotatable bonds is 9. The van der Waals surface area contributed by atoms with Crippen LogP contribution in [0.2, 0.25) is 0 Å². The second-order valence-corrected chi connectivity index (χ2v) is 7.35. The number of nitrogens with zero attached hydrogens (tertiary/aromatic N) is 2. The predicted molar refractivity (Wildman–Crippen MR) is 109 cm³/mol. The molecule has 1 aromatic heterocycles. The van der Waals surface area contributed by atoms with Crippen LogP contribution in [-0.2, 0) is 26.9 Å². The van der Waals surface area contributed by atoms with E-state index in [0.29, 0.717) is 24.2 Å². The molecule has 0 saturated carbocycles. The molecule has 7 nitrogen and oxygen atoms in total. The molecule has 0 saturated heterocycles. The highest BCUT2D eigenvalue weighted by molar-refractivity contribution is 5.79. The van der Waals surface area contributed by atoms with Gasteiger partial charge in [0.25, 0.3) is 0 Å². The van der Waals surface area contributed by atoms with Crippen molar-refractivity contribution in [2.75, 3.05) is 0 Å². The third-order valence-electron chi connectivity index (χ3n) is 4.36. The van der Waals surface area contributed by atoms with Crippen LogP contribution in [0.5, 0.6) is 0 Å². The normalized spacial score (nSPS) is 13.3. The zero-order valence-electron chi connectivity index (χ0n) is 18.1. The molecule has 32 heavy (non-hydrogen) atoms. The van der Waals surface area contributed by atoms with Gasteiger partial charge in [-0.1, -0.05) is 25.5 Å². The summed E-state index contributed by atoms with van der Waals surface area (Å²) in [5.41, 5.74) is -0.289. The molecule has 1 amide bonds. The molecule has 2 aromatic rings. The highest BCUT2D eigenvalue weighted by Gasteiger charge is 2.31. The maximum absolute atomic E-state index is 12.8. The van der Waals surface area contributed by atoms with Gasteiger partial charge in [0, 0.05) is 12.4 Å².